The number of benzene rings is 1. The van der Waals surface area contributed by atoms with E-state index in [1.165, 1.54) is 0 Å². The molecule has 2 amide bonds. The Morgan fingerprint density at radius 1 is 1.29 bits per heavy atom. The lowest BCUT2D eigenvalue weighted by Crippen LogP contribution is -2.42. The van der Waals surface area contributed by atoms with E-state index in [0.717, 1.165) is 5.56 Å². The van der Waals surface area contributed by atoms with Crippen molar-refractivity contribution in [2.45, 2.75) is 6.10 Å². The molecule has 0 bridgehead atoms. The number of morpholine rings is 1. The highest BCUT2D eigenvalue weighted by atomic mass is 16.5. The van der Waals surface area contributed by atoms with Gasteiger partial charge in [0.2, 0.25) is 0 Å². The van der Waals surface area contributed by atoms with Crippen molar-refractivity contribution in [2.24, 2.45) is 4.99 Å². The molecule has 1 aromatic rings. The lowest BCUT2D eigenvalue weighted by molar-refractivity contribution is -0.130. The van der Waals surface area contributed by atoms with Gasteiger partial charge in [-0.25, -0.2) is 4.99 Å². The third-order valence-corrected chi connectivity index (χ3v) is 4.71. The predicted molar refractivity (Wildman–Crippen MR) is 103 cm³/mol. The summed E-state index contributed by atoms with van der Waals surface area (Å²) in [6, 6.07) is 7.34. The van der Waals surface area contributed by atoms with Crippen molar-refractivity contribution in [2.75, 3.05) is 33.4 Å². The number of amides is 2. The minimum absolute atomic E-state index is 0.0940. The SMILES string of the molecule is COc1ccccc1/C=C1/OC2C=CC(C(=O)N3CCOCC3)=CC2=NC1=O. The van der Waals surface area contributed by atoms with Crippen LogP contribution in [0.3, 0.4) is 0 Å². The molecule has 1 fully saturated rings. The summed E-state index contributed by atoms with van der Waals surface area (Å²) in [5, 5.41) is 0. The summed E-state index contributed by atoms with van der Waals surface area (Å²) in [4.78, 5) is 30.9. The summed E-state index contributed by atoms with van der Waals surface area (Å²) in [5.41, 5.74) is 1.65. The molecule has 1 saturated heterocycles. The van der Waals surface area contributed by atoms with Crippen LogP contribution in [0.1, 0.15) is 5.56 Å². The smallest absolute Gasteiger partial charge is 0.312 e. The van der Waals surface area contributed by atoms with E-state index < -0.39 is 12.0 Å². The fraction of sp³-hybridized carbons (Fsp3) is 0.286. The molecule has 3 aliphatic rings. The first-order valence-corrected chi connectivity index (χ1v) is 9.07. The third-order valence-electron chi connectivity index (χ3n) is 4.71. The second kappa shape index (κ2) is 7.82. The summed E-state index contributed by atoms with van der Waals surface area (Å²) in [7, 11) is 1.57. The van der Waals surface area contributed by atoms with Crippen LogP contribution in [0.25, 0.3) is 6.08 Å². The fourth-order valence-corrected chi connectivity index (χ4v) is 3.24. The van der Waals surface area contributed by atoms with Gasteiger partial charge in [0.25, 0.3) is 5.91 Å². The number of carbonyl (C=O) groups is 2. The molecule has 1 unspecified atom stereocenters. The van der Waals surface area contributed by atoms with Gasteiger partial charge in [-0.2, -0.15) is 0 Å². The zero-order valence-electron chi connectivity index (χ0n) is 15.5. The molecule has 7 heteroatoms. The minimum Gasteiger partial charge on any atom is -0.496 e. The Morgan fingerprint density at radius 2 is 2.07 bits per heavy atom. The summed E-state index contributed by atoms with van der Waals surface area (Å²) >= 11 is 0. The maximum absolute atomic E-state index is 12.6. The van der Waals surface area contributed by atoms with Gasteiger partial charge in [0.05, 0.1) is 26.0 Å². The zero-order chi connectivity index (χ0) is 19.5. The van der Waals surface area contributed by atoms with E-state index in [0.29, 0.717) is 43.3 Å². The lowest BCUT2D eigenvalue weighted by Gasteiger charge is -2.29. The van der Waals surface area contributed by atoms with Crippen LogP contribution >= 0.6 is 0 Å². The van der Waals surface area contributed by atoms with E-state index in [-0.39, 0.29) is 11.7 Å². The first-order valence-electron chi connectivity index (χ1n) is 9.07. The molecule has 144 valence electrons. The van der Waals surface area contributed by atoms with Gasteiger partial charge in [0.15, 0.2) is 11.9 Å². The van der Waals surface area contributed by atoms with Gasteiger partial charge >= 0.3 is 5.91 Å². The first kappa shape index (κ1) is 18.2. The Morgan fingerprint density at radius 3 is 2.86 bits per heavy atom. The number of hydrogen-bond acceptors (Lipinski definition) is 5. The Labute approximate surface area is 162 Å². The molecule has 0 saturated carbocycles. The summed E-state index contributed by atoms with van der Waals surface area (Å²) in [6.07, 6.45) is 6.21. The molecule has 1 aliphatic carbocycles. The molecule has 1 aromatic carbocycles. The molecule has 0 N–H and O–H groups in total. The number of fused-ring (bicyclic) bond motifs is 1. The van der Waals surface area contributed by atoms with E-state index in [4.69, 9.17) is 14.2 Å². The summed E-state index contributed by atoms with van der Waals surface area (Å²) in [5.74, 6) is 0.197. The van der Waals surface area contributed by atoms with Crippen LogP contribution in [0.5, 0.6) is 5.75 Å². The van der Waals surface area contributed by atoms with Crippen LogP contribution in [0.2, 0.25) is 0 Å². The van der Waals surface area contributed by atoms with Crippen molar-refractivity contribution in [3.8, 4) is 5.75 Å². The van der Waals surface area contributed by atoms with Gasteiger partial charge in [-0.15, -0.1) is 0 Å². The van der Waals surface area contributed by atoms with E-state index in [1.54, 1.807) is 42.4 Å². The summed E-state index contributed by atoms with van der Waals surface area (Å²) in [6.45, 7) is 2.18. The number of aliphatic imine (C=N–C) groups is 1. The van der Waals surface area contributed by atoms with Crippen LogP contribution in [-0.4, -0.2) is 61.9 Å². The van der Waals surface area contributed by atoms with Crippen LogP contribution in [-0.2, 0) is 19.1 Å². The lowest BCUT2D eigenvalue weighted by atomic mass is 10.0. The van der Waals surface area contributed by atoms with Gasteiger partial charge in [0.1, 0.15) is 5.75 Å². The normalized spacial score (nSPS) is 22.9. The molecule has 0 radical (unpaired) electrons. The highest BCUT2D eigenvalue weighted by Gasteiger charge is 2.30. The monoisotopic (exact) mass is 380 g/mol. The number of nitrogens with zero attached hydrogens (tertiary/aromatic N) is 2. The molecule has 1 atom stereocenters. The number of hydrogen-bond donors (Lipinski definition) is 0. The quantitative estimate of drug-likeness (QED) is 0.747. The van der Waals surface area contributed by atoms with Crippen molar-refractivity contribution < 1.29 is 23.8 Å². The minimum atomic E-state index is -0.500. The number of rotatable bonds is 3. The highest BCUT2D eigenvalue weighted by Crippen LogP contribution is 2.26. The first-order chi connectivity index (χ1) is 13.7. The van der Waals surface area contributed by atoms with Gasteiger partial charge in [-0.1, -0.05) is 18.2 Å². The molecule has 4 rings (SSSR count). The van der Waals surface area contributed by atoms with E-state index in [9.17, 15) is 9.59 Å². The van der Waals surface area contributed by atoms with E-state index in [2.05, 4.69) is 4.99 Å². The predicted octanol–water partition coefficient (Wildman–Crippen LogP) is 1.76. The third kappa shape index (κ3) is 3.61. The largest absolute Gasteiger partial charge is 0.496 e. The second-order valence-electron chi connectivity index (χ2n) is 6.49. The van der Waals surface area contributed by atoms with E-state index >= 15 is 0 Å². The van der Waals surface area contributed by atoms with Gasteiger partial charge in [-0.05, 0) is 30.4 Å². The molecular weight excluding hydrogens is 360 g/mol. The fourth-order valence-electron chi connectivity index (χ4n) is 3.24. The molecule has 2 heterocycles. The van der Waals surface area contributed by atoms with Crippen LogP contribution < -0.4 is 4.74 Å². The number of para-hydroxylation sites is 1. The summed E-state index contributed by atoms with van der Waals surface area (Å²) < 4.78 is 16.4. The molecule has 0 aromatic heterocycles. The molecular formula is C21H20N2O5. The Hall–Kier alpha value is -3.19. The van der Waals surface area contributed by atoms with Crippen molar-refractivity contribution in [1.29, 1.82) is 0 Å². The average molecular weight is 380 g/mol. The van der Waals surface area contributed by atoms with Crippen LogP contribution in [0.4, 0.5) is 0 Å². The topological polar surface area (TPSA) is 77.4 Å². The highest BCUT2D eigenvalue weighted by molar-refractivity contribution is 6.16. The van der Waals surface area contributed by atoms with Crippen molar-refractivity contribution in [3.63, 3.8) is 0 Å². The average Bonchev–Trinajstić information content (AvgIpc) is 2.74. The van der Waals surface area contributed by atoms with Gasteiger partial charge in [-0.3, -0.25) is 9.59 Å². The molecule has 28 heavy (non-hydrogen) atoms. The molecule has 0 spiro atoms. The molecule has 2 aliphatic heterocycles. The zero-order valence-corrected chi connectivity index (χ0v) is 15.5. The second-order valence-corrected chi connectivity index (χ2v) is 6.49. The van der Waals surface area contributed by atoms with Crippen molar-refractivity contribution >= 4 is 23.6 Å². The Kier molecular flexibility index (Phi) is 5.08. The standard InChI is InChI=1S/C21H20N2O5/c1-26-17-5-3-2-4-14(17)13-19-20(24)22-16-12-15(6-7-18(16)28-19)21(25)23-8-10-27-11-9-23/h2-7,12-13,18H,8-11H2,1H3/b19-13+. The van der Waals surface area contributed by atoms with Crippen molar-refractivity contribution in [1.82, 2.24) is 4.90 Å². The van der Waals surface area contributed by atoms with Gasteiger partial charge in [0, 0.05) is 24.2 Å². The van der Waals surface area contributed by atoms with Crippen LogP contribution in [0.15, 0.2) is 58.8 Å². The Bertz CT molecular complexity index is 922. The maximum Gasteiger partial charge on any atom is 0.312 e. The van der Waals surface area contributed by atoms with E-state index in [1.807, 2.05) is 18.2 Å². The van der Waals surface area contributed by atoms with Gasteiger partial charge < -0.3 is 19.1 Å². The van der Waals surface area contributed by atoms with Crippen LogP contribution in [0, 0.1) is 0 Å². The maximum atomic E-state index is 12.6. The van der Waals surface area contributed by atoms with Crippen molar-refractivity contribution in [3.05, 3.63) is 59.4 Å². The number of carbonyl (C=O) groups excluding carboxylic acids is 2. The number of ether oxygens (including phenoxy) is 3. The molecule has 7 nitrogen and oxygen atoms in total. The Balaban J connectivity index is 1.57. The number of methoxy groups -OCH3 is 1.